The predicted molar refractivity (Wildman–Crippen MR) is 95.8 cm³/mol. The summed E-state index contributed by atoms with van der Waals surface area (Å²) in [6, 6.07) is 15.0. The van der Waals surface area contributed by atoms with Crippen LogP contribution in [0.5, 0.6) is 5.88 Å². The van der Waals surface area contributed by atoms with Gasteiger partial charge in [-0.2, -0.15) is 9.50 Å². The van der Waals surface area contributed by atoms with Crippen LogP contribution in [0.25, 0.3) is 5.65 Å². The highest BCUT2D eigenvalue weighted by Gasteiger charge is 2.11. The number of nitrogens with one attached hydrogen (secondary N) is 1. The molecule has 0 atom stereocenters. The number of rotatable bonds is 7. The molecular weight excluding hydrogens is 318 g/mol. The number of aromatic nitrogens is 3. The zero-order valence-corrected chi connectivity index (χ0v) is 14.3. The van der Waals surface area contributed by atoms with E-state index >= 15 is 0 Å². The molecule has 1 N–H and O–H groups in total. The monoisotopic (exact) mass is 339 g/mol. The van der Waals surface area contributed by atoms with Gasteiger partial charge in [0.05, 0.1) is 6.42 Å². The van der Waals surface area contributed by atoms with Gasteiger partial charge in [-0.05, 0) is 25.7 Å². The van der Waals surface area contributed by atoms with Crippen LogP contribution in [0.3, 0.4) is 0 Å². The van der Waals surface area contributed by atoms with Gasteiger partial charge in [-0.3, -0.25) is 10.1 Å². The Kier molecular flexibility index (Phi) is 5.25. The van der Waals surface area contributed by atoms with E-state index in [4.69, 9.17) is 4.74 Å². The molecule has 0 saturated heterocycles. The molecule has 1 aromatic carbocycles. The van der Waals surface area contributed by atoms with Gasteiger partial charge in [-0.1, -0.05) is 36.4 Å². The number of ether oxygens (including phenoxy) is 1. The summed E-state index contributed by atoms with van der Waals surface area (Å²) in [6.45, 7) is 1.34. The van der Waals surface area contributed by atoms with E-state index in [9.17, 15) is 4.79 Å². The van der Waals surface area contributed by atoms with Crippen molar-refractivity contribution in [3.8, 4) is 5.88 Å². The summed E-state index contributed by atoms with van der Waals surface area (Å²) < 4.78 is 7.34. The molecule has 0 saturated carbocycles. The minimum Gasteiger partial charge on any atom is -0.476 e. The number of carbonyl (C=O) groups is 1. The quantitative estimate of drug-likeness (QED) is 0.711. The van der Waals surface area contributed by atoms with Gasteiger partial charge >= 0.3 is 0 Å². The SMILES string of the molecule is CN(C)CCOc1cccc2nc(NC(=O)Cc3ccccc3)nn12. The number of hydrogen-bond donors (Lipinski definition) is 1. The third-order valence-corrected chi connectivity index (χ3v) is 3.57. The average Bonchev–Trinajstić information content (AvgIpc) is 2.98. The van der Waals surface area contributed by atoms with Crippen molar-refractivity contribution in [1.29, 1.82) is 0 Å². The fraction of sp³-hybridized carbons (Fsp3) is 0.278. The van der Waals surface area contributed by atoms with E-state index in [0.29, 0.717) is 18.1 Å². The first kappa shape index (κ1) is 16.9. The van der Waals surface area contributed by atoms with Crippen LogP contribution in [0.4, 0.5) is 5.95 Å². The first-order valence-corrected chi connectivity index (χ1v) is 8.09. The van der Waals surface area contributed by atoms with Crippen molar-refractivity contribution in [2.75, 3.05) is 32.6 Å². The highest BCUT2D eigenvalue weighted by molar-refractivity contribution is 5.90. The standard InChI is InChI=1S/C18H21N5O2/c1-22(2)11-12-25-17-10-6-9-15-19-18(21-23(15)17)20-16(24)13-14-7-4-3-5-8-14/h3-10H,11-13H2,1-2H3,(H,20,21,24). The van der Waals surface area contributed by atoms with E-state index in [0.717, 1.165) is 12.1 Å². The molecule has 2 heterocycles. The lowest BCUT2D eigenvalue weighted by atomic mass is 10.1. The number of pyridine rings is 1. The Hall–Kier alpha value is -2.93. The zero-order chi connectivity index (χ0) is 17.6. The fourth-order valence-electron chi connectivity index (χ4n) is 2.33. The van der Waals surface area contributed by atoms with Gasteiger partial charge < -0.3 is 9.64 Å². The molecule has 1 amide bonds. The lowest BCUT2D eigenvalue weighted by Gasteiger charge is -2.11. The van der Waals surface area contributed by atoms with Crippen molar-refractivity contribution in [1.82, 2.24) is 19.5 Å². The highest BCUT2D eigenvalue weighted by Crippen LogP contribution is 2.15. The smallest absolute Gasteiger partial charge is 0.249 e. The van der Waals surface area contributed by atoms with Crippen LogP contribution in [0, 0.1) is 0 Å². The van der Waals surface area contributed by atoms with Crippen molar-refractivity contribution in [2.45, 2.75) is 6.42 Å². The van der Waals surface area contributed by atoms with E-state index in [-0.39, 0.29) is 18.3 Å². The first-order valence-electron chi connectivity index (χ1n) is 8.09. The highest BCUT2D eigenvalue weighted by atomic mass is 16.5. The molecule has 7 heteroatoms. The topological polar surface area (TPSA) is 71.8 Å². The molecule has 7 nitrogen and oxygen atoms in total. The van der Waals surface area contributed by atoms with Crippen LogP contribution >= 0.6 is 0 Å². The molecule has 0 aliphatic rings. The zero-order valence-electron chi connectivity index (χ0n) is 14.3. The van der Waals surface area contributed by atoms with Crippen molar-refractivity contribution >= 4 is 17.5 Å². The predicted octanol–water partition coefficient (Wildman–Crippen LogP) is 1.85. The Morgan fingerprint density at radius 1 is 1.16 bits per heavy atom. The molecule has 25 heavy (non-hydrogen) atoms. The number of carbonyl (C=O) groups excluding carboxylic acids is 1. The van der Waals surface area contributed by atoms with Gasteiger partial charge in [0.25, 0.3) is 0 Å². The molecule has 3 rings (SSSR count). The van der Waals surface area contributed by atoms with E-state index in [2.05, 4.69) is 15.4 Å². The second-order valence-corrected chi connectivity index (χ2v) is 5.93. The maximum atomic E-state index is 12.2. The summed E-state index contributed by atoms with van der Waals surface area (Å²) in [6.07, 6.45) is 0.280. The third-order valence-electron chi connectivity index (χ3n) is 3.57. The second kappa shape index (κ2) is 7.76. The molecule has 0 radical (unpaired) electrons. The normalized spacial score (nSPS) is 11.0. The van der Waals surface area contributed by atoms with Gasteiger partial charge in [-0.15, -0.1) is 5.10 Å². The van der Waals surface area contributed by atoms with E-state index < -0.39 is 0 Å². The molecule has 0 aliphatic heterocycles. The van der Waals surface area contributed by atoms with Crippen molar-refractivity contribution in [3.63, 3.8) is 0 Å². The van der Waals surface area contributed by atoms with Gasteiger partial charge in [0.1, 0.15) is 6.61 Å². The lowest BCUT2D eigenvalue weighted by molar-refractivity contribution is -0.115. The van der Waals surface area contributed by atoms with Crippen LogP contribution in [0.1, 0.15) is 5.56 Å². The van der Waals surface area contributed by atoms with Crippen LogP contribution in [-0.4, -0.2) is 52.7 Å². The molecule has 0 unspecified atom stereocenters. The summed E-state index contributed by atoms with van der Waals surface area (Å²) in [5.74, 6) is 0.706. The number of fused-ring (bicyclic) bond motifs is 1. The maximum absolute atomic E-state index is 12.2. The molecule has 0 bridgehead atoms. The van der Waals surface area contributed by atoms with Crippen LogP contribution in [0.15, 0.2) is 48.5 Å². The van der Waals surface area contributed by atoms with Crippen LogP contribution < -0.4 is 10.1 Å². The molecule has 130 valence electrons. The molecule has 0 fully saturated rings. The van der Waals surface area contributed by atoms with Crippen LogP contribution in [0.2, 0.25) is 0 Å². The summed E-state index contributed by atoms with van der Waals surface area (Å²) in [5.41, 5.74) is 1.56. The van der Waals surface area contributed by atoms with E-state index in [1.807, 2.05) is 67.5 Å². The number of amides is 1. The number of benzene rings is 1. The Morgan fingerprint density at radius 2 is 1.96 bits per heavy atom. The van der Waals surface area contributed by atoms with E-state index in [1.54, 1.807) is 4.52 Å². The molecule has 0 aliphatic carbocycles. The molecule has 3 aromatic rings. The largest absolute Gasteiger partial charge is 0.476 e. The Labute approximate surface area is 146 Å². The van der Waals surface area contributed by atoms with Crippen molar-refractivity contribution in [2.24, 2.45) is 0 Å². The third kappa shape index (κ3) is 4.54. The van der Waals surface area contributed by atoms with Crippen molar-refractivity contribution in [3.05, 3.63) is 54.1 Å². The minimum atomic E-state index is -0.155. The number of hydrogen-bond acceptors (Lipinski definition) is 5. The molecular formula is C18H21N5O2. The van der Waals surface area contributed by atoms with E-state index in [1.165, 1.54) is 0 Å². The fourth-order valence-corrected chi connectivity index (χ4v) is 2.33. The summed E-state index contributed by atoms with van der Waals surface area (Å²) in [5, 5.41) is 7.06. The number of nitrogens with zero attached hydrogens (tertiary/aromatic N) is 4. The minimum absolute atomic E-state index is 0.155. The summed E-state index contributed by atoms with van der Waals surface area (Å²) in [7, 11) is 3.97. The van der Waals surface area contributed by atoms with Crippen molar-refractivity contribution < 1.29 is 9.53 Å². The number of likely N-dealkylation sites (N-methyl/N-ethyl adjacent to an activating group) is 1. The Balaban J connectivity index is 1.69. The lowest BCUT2D eigenvalue weighted by Crippen LogP contribution is -2.20. The van der Waals surface area contributed by atoms with Gasteiger partial charge in [0, 0.05) is 12.6 Å². The second-order valence-electron chi connectivity index (χ2n) is 5.93. The summed E-state index contributed by atoms with van der Waals surface area (Å²) in [4.78, 5) is 18.5. The number of anilines is 1. The Morgan fingerprint density at radius 3 is 2.72 bits per heavy atom. The Bertz CT molecular complexity index is 845. The first-order chi connectivity index (χ1) is 12.1. The van der Waals surface area contributed by atoms with Crippen LogP contribution in [-0.2, 0) is 11.2 Å². The molecule has 0 spiro atoms. The van der Waals surface area contributed by atoms with Gasteiger partial charge in [0.15, 0.2) is 5.65 Å². The van der Waals surface area contributed by atoms with Gasteiger partial charge in [-0.25, -0.2) is 0 Å². The molecule has 2 aromatic heterocycles. The summed E-state index contributed by atoms with van der Waals surface area (Å²) >= 11 is 0. The maximum Gasteiger partial charge on any atom is 0.249 e. The van der Waals surface area contributed by atoms with Gasteiger partial charge in [0.2, 0.25) is 17.7 Å². The average molecular weight is 339 g/mol.